The lowest BCUT2D eigenvalue weighted by atomic mass is 10.0. The summed E-state index contributed by atoms with van der Waals surface area (Å²) < 4.78 is 34.9. The Morgan fingerprint density at radius 3 is 2.38 bits per heavy atom. The number of hydrogen-bond acceptors (Lipinski definition) is 8. The van der Waals surface area contributed by atoms with E-state index in [1.165, 1.54) is 24.7 Å². The number of thiazole rings is 1. The Balaban J connectivity index is 1.41. The van der Waals surface area contributed by atoms with Crippen LogP contribution in [0.1, 0.15) is 21.7 Å². The SMILES string of the molecule is NC(Cc1cnc[nH]1)C(=O)NC(Cc1cc(F)c(Oc2ccc(Cc3sc(=O)[nH]c3O)cc2)c(F)c1)C(=O)O. The number of aromatic nitrogens is 3. The van der Waals surface area contributed by atoms with Crippen molar-refractivity contribution in [1.82, 2.24) is 20.3 Å². The fraction of sp³-hybridized carbons (Fsp3) is 0.200. The number of ether oxygens (including phenoxy) is 1. The Kier molecular flexibility index (Phi) is 8.36. The van der Waals surface area contributed by atoms with Crippen molar-refractivity contribution in [2.45, 2.75) is 31.3 Å². The van der Waals surface area contributed by atoms with Crippen LogP contribution in [-0.4, -0.2) is 49.1 Å². The third-order valence-corrected chi connectivity index (χ3v) is 6.52. The number of nitrogens with two attached hydrogens (primary N) is 1. The minimum absolute atomic E-state index is 0.0205. The lowest BCUT2D eigenvalue weighted by molar-refractivity contribution is -0.142. The molecule has 7 N–H and O–H groups in total. The molecule has 0 radical (unpaired) electrons. The van der Waals surface area contributed by atoms with Crippen molar-refractivity contribution in [3.8, 4) is 17.4 Å². The lowest BCUT2D eigenvalue weighted by Gasteiger charge is -2.18. The number of aromatic amines is 2. The van der Waals surface area contributed by atoms with Gasteiger partial charge in [0, 0.05) is 31.2 Å². The molecule has 2 atom stereocenters. The molecule has 2 aromatic carbocycles. The number of carboxylic acids is 1. The average Bonchev–Trinajstić information content (AvgIpc) is 3.50. The summed E-state index contributed by atoms with van der Waals surface area (Å²) in [7, 11) is 0. The van der Waals surface area contributed by atoms with E-state index in [2.05, 4.69) is 20.3 Å². The normalized spacial score (nSPS) is 12.6. The van der Waals surface area contributed by atoms with Gasteiger partial charge in [0.15, 0.2) is 17.4 Å². The number of nitrogens with zero attached hydrogens (tertiary/aromatic N) is 1. The summed E-state index contributed by atoms with van der Waals surface area (Å²) in [5, 5.41) is 21.5. The zero-order valence-electron chi connectivity index (χ0n) is 20.1. The number of imidazole rings is 1. The molecule has 0 fully saturated rings. The highest BCUT2D eigenvalue weighted by Crippen LogP contribution is 2.30. The van der Waals surface area contributed by atoms with Gasteiger partial charge >= 0.3 is 10.8 Å². The van der Waals surface area contributed by atoms with Crippen LogP contribution in [0.3, 0.4) is 0 Å². The molecular weight excluding hydrogens is 536 g/mol. The summed E-state index contributed by atoms with van der Waals surface area (Å²) in [6.07, 6.45) is 2.84. The van der Waals surface area contributed by atoms with E-state index in [0.29, 0.717) is 10.6 Å². The number of halogens is 2. The predicted octanol–water partition coefficient (Wildman–Crippen LogP) is 2.21. The zero-order valence-corrected chi connectivity index (χ0v) is 20.9. The number of carbonyl (C=O) groups is 2. The summed E-state index contributed by atoms with van der Waals surface area (Å²) in [6.45, 7) is 0. The van der Waals surface area contributed by atoms with E-state index >= 15 is 0 Å². The molecule has 0 saturated heterocycles. The van der Waals surface area contributed by atoms with E-state index in [1.807, 2.05) is 0 Å². The Morgan fingerprint density at radius 1 is 1.13 bits per heavy atom. The molecule has 0 aliphatic carbocycles. The van der Waals surface area contributed by atoms with E-state index in [0.717, 1.165) is 29.0 Å². The third kappa shape index (κ3) is 7.06. The van der Waals surface area contributed by atoms with Crippen LogP contribution in [0.15, 0.2) is 53.7 Å². The van der Waals surface area contributed by atoms with Crippen LogP contribution < -0.4 is 20.7 Å². The number of amides is 1. The summed E-state index contributed by atoms with van der Waals surface area (Å²) in [5.74, 6) is -5.06. The minimum Gasteiger partial charge on any atom is -0.494 e. The summed E-state index contributed by atoms with van der Waals surface area (Å²) in [4.78, 5) is 44.3. The summed E-state index contributed by atoms with van der Waals surface area (Å²) in [6, 6.07) is 5.46. The van der Waals surface area contributed by atoms with Gasteiger partial charge in [-0.3, -0.25) is 14.6 Å². The van der Waals surface area contributed by atoms with Gasteiger partial charge < -0.3 is 31.0 Å². The largest absolute Gasteiger partial charge is 0.494 e. The van der Waals surface area contributed by atoms with Crippen molar-refractivity contribution in [2.75, 3.05) is 0 Å². The van der Waals surface area contributed by atoms with E-state index < -0.39 is 47.8 Å². The fourth-order valence-electron chi connectivity index (χ4n) is 3.72. The van der Waals surface area contributed by atoms with Crippen LogP contribution in [0.4, 0.5) is 8.78 Å². The first kappa shape index (κ1) is 27.5. The number of aromatic hydroxyl groups is 1. The van der Waals surface area contributed by atoms with Crippen molar-refractivity contribution in [1.29, 1.82) is 0 Å². The number of rotatable bonds is 11. The highest BCUT2D eigenvalue weighted by molar-refractivity contribution is 7.09. The third-order valence-electron chi connectivity index (χ3n) is 5.65. The molecule has 2 heterocycles. The van der Waals surface area contributed by atoms with Crippen molar-refractivity contribution >= 4 is 23.2 Å². The van der Waals surface area contributed by atoms with Crippen LogP contribution in [0.2, 0.25) is 0 Å². The summed E-state index contributed by atoms with van der Waals surface area (Å²) >= 11 is 0.871. The molecule has 4 aromatic rings. The van der Waals surface area contributed by atoms with Gasteiger partial charge in [-0.15, -0.1) is 0 Å². The molecule has 14 heteroatoms. The molecule has 11 nitrogen and oxygen atoms in total. The van der Waals surface area contributed by atoms with Gasteiger partial charge in [0.25, 0.3) is 0 Å². The maximum atomic E-state index is 14.8. The minimum atomic E-state index is -1.48. The van der Waals surface area contributed by atoms with Gasteiger partial charge in [-0.05, 0) is 35.4 Å². The van der Waals surface area contributed by atoms with Crippen molar-refractivity contribution < 1.29 is 33.3 Å². The average molecular weight is 560 g/mol. The molecule has 39 heavy (non-hydrogen) atoms. The van der Waals surface area contributed by atoms with E-state index in [1.54, 1.807) is 12.1 Å². The molecule has 1 amide bonds. The Morgan fingerprint density at radius 2 is 1.82 bits per heavy atom. The fourth-order valence-corrected chi connectivity index (χ4v) is 4.48. The lowest BCUT2D eigenvalue weighted by Crippen LogP contribution is -2.50. The van der Waals surface area contributed by atoms with Crippen molar-refractivity contribution in [3.63, 3.8) is 0 Å². The number of nitrogens with one attached hydrogen (secondary N) is 3. The quantitative estimate of drug-likeness (QED) is 0.162. The van der Waals surface area contributed by atoms with Gasteiger partial charge in [0.2, 0.25) is 11.8 Å². The Bertz CT molecular complexity index is 1500. The van der Waals surface area contributed by atoms with Crippen LogP contribution in [0.25, 0.3) is 0 Å². The number of hydrogen-bond donors (Lipinski definition) is 6. The van der Waals surface area contributed by atoms with E-state index in [4.69, 9.17) is 10.5 Å². The molecule has 2 unspecified atom stereocenters. The topological polar surface area (TPSA) is 183 Å². The molecular formula is C25H23F2N5O6S. The van der Waals surface area contributed by atoms with E-state index in [-0.39, 0.29) is 34.9 Å². The molecule has 2 aromatic heterocycles. The van der Waals surface area contributed by atoms with Gasteiger partial charge in [0.1, 0.15) is 11.8 Å². The van der Waals surface area contributed by atoms with Crippen LogP contribution in [0, 0.1) is 11.6 Å². The first-order valence-corrected chi connectivity index (χ1v) is 12.3. The maximum Gasteiger partial charge on any atom is 0.326 e. The zero-order chi connectivity index (χ0) is 28.1. The molecule has 4 rings (SSSR count). The number of carboxylic acid groups (broad SMARTS) is 1. The number of carbonyl (C=O) groups excluding carboxylic acids is 1. The van der Waals surface area contributed by atoms with Gasteiger partial charge in [-0.25, -0.2) is 18.6 Å². The first-order chi connectivity index (χ1) is 18.6. The molecule has 0 spiro atoms. The Hall–Kier alpha value is -4.56. The first-order valence-electron chi connectivity index (χ1n) is 11.5. The van der Waals surface area contributed by atoms with Crippen molar-refractivity contribution in [3.05, 3.63) is 91.9 Å². The number of H-pyrrole nitrogens is 2. The van der Waals surface area contributed by atoms with Gasteiger partial charge in [-0.1, -0.05) is 23.5 Å². The second kappa shape index (κ2) is 11.9. The molecule has 0 bridgehead atoms. The van der Waals surface area contributed by atoms with Gasteiger partial charge in [0.05, 0.1) is 17.2 Å². The molecule has 0 aliphatic rings. The monoisotopic (exact) mass is 559 g/mol. The van der Waals surface area contributed by atoms with Crippen LogP contribution >= 0.6 is 11.3 Å². The second-order valence-electron chi connectivity index (χ2n) is 8.59. The maximum absolute atomic E-state index is 14.8. The second-order valence-corrected chi connectivity index (χ2v) is 9.66. The van der Waals surface area contributed by atoms with Crippen LogP contribution in [-0.2, 0) is 28.9 Å². The Labute approximate surface area is 223 Å². The number of aliphatic carboxylic acids is 1. The molecule has 204 valence electrons. The van der Waals surface area contributed by atoms with Gasteiger partial charge in [-0.2, -0.15) is 0 Å². The van der Waals surface area contributed by atoms with E-state index in [9.17, 15) is 33.4 Å². The predicted molar refractivity (Wildman–Crippen MR) is 136 cm³/mol. The molecule has 0 saturated carbocycles. The van der Waals surface area contributed by atoms with Crippen LogP contribution in [0.5, 0.6) is 17.4 Å². The van der Waals surface area contributed by atoms with Crippen molar-refractivity contribution in [2.24, 2.45) is 5.73 Å². The standard InChI is InChI=1S/C25H23F2N5O6S/c26-16-5-13(7-19(24(35)36)31-22(33)18(28)9-14-10-29-11-30-14)6-17(27)21(16)38-15-3-1-12(2-4-15)8-20-23(34)32-25(37)39-20/h1-6,10-11,18-19,34H,7-9,28H2,(H,29,30)(H,31,33)(H,32,37)(H,35,36). The molecule has 0 aliphatic heterocycles. The summed E-state index contributed by atoms with van der Waals surface area (Å²) in [5.41, 5.74) is 7.11. The smallest absolute Gasteiger partial charge is 0.326 e. The highest BCUT2D eigenvalue weighted by atomic mass is 32.1. The number of benzene rings is 2. The highest BCUT2D eigenvalue weighted by Gasteiger charge is 2.25.